The molecule has 5 nitrogen and oxygen atoms in total. The van der Waals surface area contributed by atoms with Gasteiger partial charge in [0, 0.05) is 17.3 Å². The average Bonchev–Trinajstić information content (AvgIpc) is 3.26. The topological polar surface area (TPSA) is 66.6 Å². The molecular formula is C19H18N4O. The smallest absolute Gasteiger partial charge is 0.197 e. The molecule has 0 spiro atoms. The maximum absolute atomic E-state index is 5.26. The molecule has 0 amide bonds. The van der Waals surface area contributed by atoms with Crippen LogP contribution in [0.3, 0.4) is 0 Å². The molecule has 4 rings (SSSR count). The second-order valence-corrected chi connectivity index (χ2v) is 5.73. The van der Waals surface area contributed by atoms with Crippen molar-refractivity contribution in [3.8, 4) is 17.3 Å². The Morgan fingerprint density at radius 3 is 2.71 bits per heavy atom. The second-order valence-electron chi connectivity index (χ2n) is 5.73. The van der Waals surface area contributed by atoms with Crippen molar-refractivity contribution in [2.24, 2.45) is 0 Å². The number of methoxy groups -OCH3 is 1. The molecule has 2 heterocycles. The van der Waals surface area contributed by atoms with E-state index < -0.39 is 0 Å². The van der Waals surface area contributed by atoms with Crippen LogP contribution in [0.5, 0.6) is 5.75 Å². The highest BCUT2D eigenvalue weighted by molar-refractivity contribution is 5.85. The third-order valence-electron chi connectivity index (χ3n) is 4.09. The lowest BCUT2D eigenvalue weighted by molar-refractivity contribution is 0.415. The number of hydrogen-bond donors (Lipinski definition) is 2. The highest BCUT2D eigenvalue weighted by Crippen LogP contribution is 2.25. The van der Waals surface area contributed by atoms with Gasteiger partial charge in [-0.1, -0.05) is 30.3 Å². The summed E-state index contributed by atoms with van der Waals surface area (Å²) in [6.45, 7) is 0. The predicted octanol–water partition coefficient (Wildman–Crippen LogP) is 3.75. The Labute approximate surface area is 139 Å². The summed E-state index contributed by atoms with van der Waals surface area (Å²) in [5.41, 5.74) is 3.25. The molecule has 0 unspecified atom stereocenters. The number of aryl methyl sites for hydroxylation is 2. The summed E-state index contributed by atoms with van der Waals surface area (Å²) < 4.78 is 5.26. The lowest BCUT2D eigenvalue weighted by Crippen LogP contribution is -1.93. The fraction of sp³-hybridized carbons (Fsp3) is 0.158. The molecule has 0 aliphatic carbocycles. The Hall–Kier alpha value is -3.08. The lowest BCUT2D eigenvalue weighted by Gasteiger charge is -1.97. The van der Waals surface area contributed by atoms with Crippen molar-refractivity contribution >= 4 is 10.9 Å². The fourth-order valence-electron chi connectivity index (χ4n) is 2.79. The molecule has 2 N–H and O–H groups in total. The number of fused-ring (bicyclic) bond motifs is 1. The summed E-state index contributed by atoms with van der Waals surface area (Å²) >= 11 is 0. The number of hydrogen-bond acceptors (Lipinski definition) is 3. The van der Waals surface area contributed by atoms with Crippen LogP contribution in [0.25, 0.3) is 22.4 Å². The van der Waals surface area contributed by atoms with Gasteiger partial charge in [-0.05, 0) is 36.2 Å². The van der Waals surface area contributed by atoms with E-state index in [1.54, 1.807) is 7.11 Å². The standard InChI is InChI=1S/C19H18N4O/c1-24-15-8-9-16-14(11-15)12-17(20-16)19-21-18(22-23-19)10-7-13-5-3-2-4-6-13/h2-6,8-9,11-12,20H,7,10H2,1H3,(H,21,22,23). The number of nitrogens with zero attached hydrogens (tertiary/aromatic N) is 2. The van der Waals surface area contributed by atoms with Crippen molar-refractivity contribution in [2.45, 2.75) is 12.8 Å². The van der Waals surface area contributed by atoms with Crippen molar-refractivity contribution in [3.63, 3.8) is 0 Å². The van der Waals surface area contributed by atoms with Gasteiger partial charge in [0.05, 0.1) is 12.8 Å². The highest BCUT2D eigenvalue weighted by atomic mass is 16.5. The lowest BCUT2D eigenvalue weighted by atomic mass is 10.1. The molecular weight excluding hydrogens is 300 g/mol. The second kappa shape index (κ2) is 6.20. The largest absolute Gasteiger partial charge is 0.497 e. The molecule has 0 atom stereocenters. The van der Waals surface area contributed by atoms with Gasteiger partial charge in [-0.15, -0.1) is 0 Å². The van der Waals surface area contributed by atoms with Crippen LogP contribution < -0.4 is 4.74 Å². The van der Waals surface area contributed by atoms with Gasteiger partial charge in [0.1, 0.15) is 11.6 Å². The summed E-state index contributed by atoms with van der Waals surface area (Å²) in [4.78, 5) is 7.95. The van der Waals surface area contributed by atoms with Gasteiger partial charge in [-0.3, -0.25) is 5.10 Å². The molecule has 2 aromatic carbocycles. The van der Waals surface area contributed by atoms with Crippen LogP contribution in [0.2, 0.25) is 0 Å². The zero-order chi connectivity index (χ0) is 16.4. The Kier molecular flexibility index (Phi) is 3.75. The van der Waals surface area contributed by atoms with Crippen molar-refractivity contribution in [3.05, 3.63) is 66.0 Å². The number of aromatic amines is 2. The van der Waals surface area contributed by atoms with Gasteiger partial charge in [-0.25, -0.2) is 4.98 Å². The van der Waals surface area contributed by atoms with Crippen LogP contribution in [0, 0.1) is 0 Å². The van der Waals surface area contributed by atoms with Gasteiger partial charge >= 0.3 is 0 Å². The molecule has 0 saturated heterocycles. The molecule has 0 fully saturated rings. The molecule has 5 heteroatoms. The molecule has 0 aliphatic heterocycles. The van der Waals surface area contributed by atoms with Crippen LogP contribution in [-0.4, -0.2) is 27.3 Å². The summed E-state index contributed by atoms with van der Waals surface area (Å²) in [6.07, 6.45) is 1.78. The van der Waals surface area contributed by atoms with E-state index in [2.05, 4.69) is 44.4 Å². The summed E-state index contributed by atoms with van der Waals surface area (Å²) in [6, 6.07) is 18.4. The number of aromatic nitrogens is 4. The number of H-pyrrole nitrogens is 2. The van der Waals surface area contributed by atoms with Crippen LogP contribution in [0.15, 0.2) is 54.6 Å². The summed E-state index contributed by atoms with van der Waals surface area (Å²) in [5, 5.41) is 8.46. The quantitative estimate of drug-likeness (QED) is 0.589. The molecule has 0 bridgehead atoms. The number of rotatable bonds is 5. The molecule has 0 radical (unpaired) electrons. The summed E-state index contributed by atoms with van der Waals surface area (Å²) in [7, 11) is 1.67. The minimum absolute atomic E-state index is 0.688. The van der Waals surface area contributed by atoms with Gasteiger partial charge in [0.15, 0.2) is 5.82 Å². The van der Waals surface area contributed by atoms with E-state index in [0.29, 0.717) is 5.82 Å². The molecule has 120 valence electrons. The maximum Gasteiger partial charge on any atom is 0.197 e. The van der Waals surface area contributed by atoms with Crippen LogP contribution in [-0.2, 0) is 12.8 Å². The van der Waals surface area contributed by atoms with Crippen molar-refractivity contribution < 1.29 is 4.74 Å². The first-order chi connectivity index (χ1) is 11.8. The zero-order valence-corrected chi connectivity index (χ0v) is 13.4. The average molecular weight is 318 g/mol. The minimum atomic E-state index is 0.688. The molecule has 0 saturated carbocycles. The van der Waals surface area contributed by atoms with E-state index in [1.165, 1.54) is 5.56 Å². The van der Waals surface area contributed by atoms with Crippen LogP contribution in [0.4, 0.5) is 0 Å². The molecule has 4 aromatic rings. The Bertz CT molecular complexity index is 956. The van der Waals surface area contributed by atoms with Gasteiger partial charge in [-0.2, -0.15) is 5.10 Å². The van der Waals surface area contributed by atoms with Crippen LogP contribution >= 0.6 is 0 Å². The first kappa shape index (κ1) is 14.5. The number of nitrogens with one attached hydrogen (secondary N) is 2. The molecule has 24 heavy (non-hydrogen) atoms. The normalized spacial score (nSPS) is 11.0. The van der Waals surface area contributed by atoms with E-state index in [-0.39, 0.29) is 0 Å². The van der Waals surface area contributed by atoms with Gasteiger partial charge in [0.2, 0.25) is 0 Å². The number of benzene rings is 2. The third-order valence-corrected chi connectivity index (χ3v) is 4.09. The van der Waals surface area contributed by atoms with E-state index >= 15 is 0 Å². The highest BCUT2D eigenvalue weighted by Gasteiger charge is 2.10. The molecule has 2 aromatic heterocycles. The Morgan fingerprint density at radius 2 is 1.88 bits per heavy atom. The third kappa shape index (κ3) is 2.88. The van der Waals surface area contributed by atoms with Crippen molar-refractivity contribution in [1.29, 1.82) is 0 Å². The summed E-state index contributed by atoms with van der Waals surface area (Å²) in [5.74, 6) is 2.42. The van der Waals surface area contributed by atoms with E-state index in [4.69, 9.17) is 4.74 Å². The predicted molar refractivity (Wildman–Crippen MR) is 94.1 cm³/mol. The fourth-order valence-corrected chi connectivity index (χ4v) is 2.79. The Morgan fingerprint density at radius 1 is 1.00 bits per heavy atom. The zero-order valence-electron chi connectivity index (χ0n) is 13.4. The van der Waals surface area contributed by atoms with Crippen LogP contribution in [0.1, 0.15) is 11.4 Å². The monoisotopic (exact) mass is 318 g/mol. The first-order valence-electron chi connectivity index (χ1n) is 7.94. The van der Waals surface area contributed by atoms with E-state index in [1.807, 2.05) is 30.3 Å². The SMILES string of the molecule is COc1ccc2[nH]c(-c3n[nH]c(CCc4ccccc4)n3)cc2c1. The van der Waals surface area contributed by atoms with Gasteiger partial charge < -0.3 is 9.72 Å². The van der Waals surface area contributed by atoms with Crippen molar-refractivity contribution in [2.75, 3.05) is 7.11 Å². The minimum Gasteiger partial charge on any atom is -0.497 e. The maximum atomic E-state index is 5.26. The van der Waals surface area contributed by atoms with E-state index in [0.717, 1.165) is 41.0 Å². The van der Waals surface area contributed by atoms with Gasteiger partial charge in [0.25, 0.3) is 0 Å². The molecule has 0 aliphatic rings. The Balaban J connectivity index is 1.54. The van der Waals surface area contributed by atoms with E-state index in [9.17, 15) is 0 Å². The first-order valence-corrected chi connectivity index (χ1v) is 7.94. The number of ether oxygens (including phenoxy) is 1. The van der Waals surface area contributed by atoms with Crippen molar-refractivity contribution in [1.82, 2.24) is 20.2 Å².